The zero-order chi connectivity index (χ0) is 16.8. The van der Waals surface area contributed by atoms with Crippen molar-refractivity contribution in [2.45, 2.75) is 6.92 Å². The van der Waals surface area contributed by atoms with Gasteiger partial charge in [-0.1, -0.05) is 41.4 Å². The lowest BCUT2D eigenvalue weighted by Gasteiger charge is -2.07. The summed E-state index contributed by atoms with van der Waals surface area (Å²) >= 11 is 11.6. The van der Waals surface area contributed by atoms with Gasteiger partial charge in [-0.05, 0) is 42.3 Å². The number of hydrazone groups is 1. The Labute approximate surface area is 143 Å². The molecule has 0 saturated heterocycles. The first-order chi connectivity index (χ1) is 11.0. The molecule has 2 aromatic rings. The predicted molar refractivity (Wildman–Crippen MR) is 92.0 cm³/mol. The number of anilines is 1. The number of nitrogens with zero attached hydrogens (tertiary/aromatic N) is 1. The van der Waals surface area contributed by atoms with Crippen LogP contribution in [-0.2, 0) is 9.59 Å². The highest BCUT2D eigenvalue weighted by molar-refractivity contribution is 6.40. The highest BCUT2D eigenvalue weighted by Gasteiger charge is 2.14. The van der Waals surface area contributed by atoms with E-state index in [-0.39, 0.29) is 0 Å². The minimum Gasteiger partial charge on any atom is -0.317 e. The number of halogens is 2. The van der Waals surface area contributed by atoms with Crippen molar-refractivity contribution < 1.29 is 9.59 Å². The van der Waals surface area contributed by atoms with Crippen molar-refractivity contribution in [2.24, 2.45) is 5.10 Å². The first-order valence-corrected chi connectivity index (χ1v) is 7.37. The summed E-state index contributed by atoms with van der Waals surface area (Å²) in [6.07, 6.45) is 1.41. The molecule has 2 rings (SSSR count). The van der Waals surface area contributed by atoms with Crippen molar-refractivity contribution in [3.05, 3.63) is 63.6 Å². The molecule has 0 heterocycles. The number of rotatable bonds is 3. The monoisotopic (exact) mass is 349 g/mol. The minimum atomic E-state index is -0.880. The maximum Gasteiger partial charge on any atom is 0.329 e. The average Bonchev–Trinajstić information content (AvgIpc) is 2.52. The van der Waals surface area contributed by atoms with Crippen LogP contribution in [0.5, 0.6) is 0 Å². The summed E-state index contributed by atoms with van der Waals surface area (Å²) in [4.78, 5) is 23.5. The van der Waals surface area contributed by atoms with Gasteiger partial charge < -0.3 is 5.32 Å². The van der Waals surface area contributed by atoms with Crippen molar-refractivity contribution in [2.75, 3.05) is 5.32 Å². The smallest absolute Gasteiger partial charge is 0.317 e. The van der Waals surface area contributed by atoms with Gasteiger partial charge in [0.2, 0.25) is 0 Å². The summed E-state index contributed by atoms with van der Waals surface area (Å²) in [5.74, 6) is -1.71. The number of amides is 2. The van der Waals surface area contributed by atoms with Crippen LogP contribution in [0.25, 0.3) is 0 Å². The molecule has 0 bridgehead atoms. The van der Waals surface area contributed by atoms with Crippen LogP contribution in [0.4, 0.5) is 5.69 Å². The van der Waals surface area contributed by atoms with Crippen LogP contribution in [0.1, 0.15) is 11.1 Å². The fraction of sp³-hybridized carbons (Fsp3) is 0.0625. The standard InChI is InChI=1S/C16H13Cl2N3O2/c1-10-2-5-13(18)8-14(10)20-15(22)16(23)21-19-9-11-3-6-12(17)7-4-11/h2-9H,1H3,(H,20,22)(H,21,23)/b19-9+. The molecule has 0 aliphatic rings. The van der Waals surface area contributed by atoms with Crippen LogP contribution in [0.3, 0.4) is 0 Å². The molecule has 5 nitrogen and oxygen atoms in total. The van der Waals surface area contributed by atoms with E-state index < -0.39 is 11.8 Å². The van der Waals surface area contributed by atoms with Crippen molar-refractivity contribution in [1.82, 2.24) is 5.43 Å². The van der Waals surface area contributed by atoms with Gasteiger partial charge in [0.25, 0.3) is 0 Å². The van der Waals surface area contributed by atoms with Crippen molar-refractivity contribution >= 4 is 46.9 Å². The molecule has 0 spiro atoms. The SMILES string of the molecule is Cc1ccc(Cl)cc1NC(=O)C(=O)N/N=C/c1ccc(Cl)cc1. The number of carbonyl (C=O) groups excluding carboxylic acids is 2. The van der Waals surface area contributed by atoms with Crippen molar-refractivity contribution in [1.29, 1.82) is 0 Å². The Morgan fingerprint density at radius 2 is 1.65 bits per heavy atom. The Bertz CT molecular complexity index is 758. The van der Waals surface area contributed by atoms with E-state index in [2.05, 4.69) is 15.8 Å². The summed E-state index contributed by atoms with van der Waals surface area (Å²) in [5, 5.41) is 7.26. The number of nitrogens with one attached hydrogen (secondary N) is 2. The van der Waals surface area contributed by atoms with Crippen LogP contribution in [0, 0.1) is 6.92 Å². The molecule has 0 unspecified atom stereocenters. The first kappa shape index (κ1) is 17.0. The van der Waals surface area contributed by atoms with Gasteiger partial charge in [0.05, 0.1) is 6.21 Å². The predicted octanol–water partition coefficient (Wildman–Crippen LogP) is 3.39. The van der Waals surface area contributed by atoms with Crippen molar-refractivity contribution in [3.8, 4) is 0 Å². The average molecular weight is 350 g/mol. The Hall–Kier alpha value is -2.37. The van der Waals surface area contributed by atoms with Gasteiger partial charge in [0.1, 0.15) is 0 Å². The number of carbonyl (C=O) groups is 2. The molecule has 2 aromatic carbocycles. The highest BCUT2D eigenvalue weighted by Crippen LogP contribution is 2.19. The molecule has 0 saturated carbocycles. The molecule has 0 aliphatic heterocycles. The maximum atomic E-state index is 11.8. The van der Waals surface area contributed by atoms with E-state index >= 15 is 0 Å². The van der Waals surface area contributed by atoms with E-state index in [9.17, 15) is 9.59 Å². The molecule has 118 valence electrons. The molecule has 0 aromatic heterocycles. The van der Waals surface area contributed by atoms with Gasteiger partial charge in [-0.2, -0.15) is 5.10 Å². The summed E-state index contributed by atoms with van der Waals surface area (Å²) in [6, 6.07) is 11.9. The number of aryl methyl sites for hydroxylation is 1. The minimum absolute atomic E-state index is 0.465. The molecule has 0 fully saturated rings. The third kappa shape index (κ3) is 5.09. The molecule has 23 heavy (non-hydrogen) atoms. The fourth-order valence-corrected chi connectivity index (χ4v) is 1.97. The second-order valence-electron chi connectivity index (χ2n) is 4.66. The quantitative estimate of drug-likeness (QED) is 0.506. The van der Waals surface area contributed by atoms with E-state index in [4.69, 9.17) is 23.2 Å². The number of hydrogen-bond acceptors (Lipinski definition) is 3. The Balaban J connectivity index is 1.93. The summed E-state index contributed by atoms with van der Waals surface area (Å²) < 4.78 is 0. The van der Waals surface area contributed by atoms with E-state index in [0.717, 1.165) is 11.1 Å². The highest BCUT2D eigenvalue weighted by atomic mass is 35.5. The molecule has 2 N–H and O–H groups in total. The lowest BCUT2D eigenvalue weighted by Crippen LogP contribution is -2.32. The Kier molecular flexibility index (Phi) is 5.73. The van der Waals surface area contributed by atoms with Gasteiger partial charge in [0.15, 0.2) is 0 Å². The molecule has 0 radical (unpaired) electrons. The second kappa shape index (κ2) is 7.76. The maximum absolute atomic E-state index is 11.8. The van der Waals surface area contributed by atoms with Crippen LogP contribution in [0.15, 0.2) is 47.6 Å². The molecular formula is C16H13Cl2N3O2. The lowest BCUT2D eigenvalue weighted by atomic mass is 10.2. The largest absolute Gasteiger partial charge is 0.329 e. The Morgan fingerprint density at radius 3 is 2.35 bits per heavy atom. The van der Waals surface area contributed by atoms with Gasteiger partial charge >= 0.3 is 11.8 Å². The zero-order valence-electron chi connectivity index (χ0n) is 12.1. The molecular weight excluding hydrogens is 337 g/mol. The van der Waals surface area contributed by atoms with E-state index in [0.29, 0.717) is 15.7 Å². The topological polar surface area (TPSA) is 70.6 Å². The van der Waals surface area contributed by atoms with Crippen molar-refractivity contribution in [3.63, 3.8) is 0 Å². The summed E-state index contributed by atoms with van der Waals surface area (Å²) in [6.45, 7) is 1.79. The normalized spacial score (nSPS) is 10.6. The third-order valence-electron chi connectivity index (χ3n) is 2.90. The molecule has 2 amide bonds. The van der Waals surface area contributed by atoms with Gasteiger partial charge in [-0.25, -0.2) is 5.43 Å². The van der Waals surface area contributed by atoms with Crippen LogP contribution in [-0.4, -0.2) is 18.0 Å². The van der Waals surface area contributed by atoms with E-state index in [1.165, 1.54) is 6.21 Å². The van der Waals surface area contributed by atoms with E-state index in [1.54, 1.807) is 49.4 Å². The summed E-state index contributed by atoms with van der Waals surface area (Å²) in [5.41, 5.74) is 4.15. The van der Waals surface area contributed by atoms with Crippen LogP contribution in [0.2, 0.25) is 10.0 Å². The van der Waals surface area contributed by atoms with E-state index in [1.807, 2.05) is 0 Å². The number of benzene rings is 2. The van der Waals surface area contributed by atoms with Crippen LogP contribution < -0.4 is 10.7 Å². The fourth-order valence-electron chi connectivity index (χ4n) is 1.67. The molecule has 7 heteroatoms. The molecule has 0 atom stereocenters. The summed E-state index contributed by atoms with van der Waals surface area (Å²) in [7, 11) is 0. The Morgan fingerprint density at radius 1 is 1.00 bits per heavy atom. The zero-order valence-corrected chi connectivity index (χ0v) is 13.7. The van der Waals surface area contributed by atoms with Gasteiger partial charge in [-0.15, -0.1) is 0 Å². The second-order valence-corrected chi connectivity index (χ2v) is 5.54. The van der Waals surface area contributed by atoms with Crippen LogP contribution >= 0.6 is 23.2 Å². The first-order valence-electron chi connectivity index (χ1n) is 6.62. The lowest BCUT2D eigenvalue weighted by molar-refractivity contribution is -0.136. The molecule has 0 aliphatic carbocycles. The van der Waals surface area contributed by atoms with Gasteiger partial charge in [0, 0.05) is 15.7 Å². The van der Waals surface area contributed by atoms with Gasteiger partial charge in [-0.3, -0.25) is 9.59 Å². The number of hydrogen-bond donors (Lipinski definition) is 2. The third-order valence-corrected chi connectivity index (χ3v) is 3.39.